The summed E-state index contributed by atoms with van der Waals surface area (Å²) in [7, 11) is 0. The van der Waals surface area contributed by atoms with E-state index in [9.17, 15) is 18.4 Å². The van der Waals surface area contributed by atoms with Crippen molar-refractivity contribution in [2.75, 3.05) is 0 Å². The van der Waals surface area contributed by atoms with Crippen LogP contribution in [0.5, 0.6) is 11.5 Å². The molecule has 3 aromatic rings. The lowest BCUT2D eigenvalue weighted by molar-refractivity contribution is -0.130. The van der Waals surface area contributed by atoms with Crippen LogP contribution in [-0.2, 0) is 9.59 Å². The molecular formula is C30H24F2O4. The highest BCUT2D eigenvalue weighted by atomic mass is 19.3. The number of alkyl halides is 2. The molecule has 0 aliphatic heterocycles. The molecule has 3 rings (SSSR count). The van der Waals surface area contributed by atoms with E-state index in [-0.39, 0.29) is 5.56 Å². The summed E-state index contributed by atoms with van der Waals surface area (Å²) in [6.45, 7) is 8.44. The summed E-state index contributed by atoms with van der Waals surface area (Å²) in [5.74, 6) is -0.305. The zero-order chi connectivity index (χ0) is 26.1. The van der Waals surface area contributed by atoms with Gasteiger partial charge in [0.15, 0.2) is 0 Å². The fourth-order valence-corrected chi connectivity index (χ4v) is 3.06. The van der Waals surface area contributed by atoms with E-state index in [0.717, 1.165) is 17.2 Å². The van der Waals surface area contributed by atoms with Crippen LogP contribution in [0.4, 0.5) is 8.78 Å². The molecule has 0 bridgehead atoms. The van der Waals surface area contributed by atoms with Gasteiger partial charge in [0.05, 0.1) is 0 Å². The largest absolute Gasteiger partial charge is 0.423 e. The van der Waals surface area contributed by atoms with Crippen LogP contribution < -0.4 is 9.47 Å². The summed E-state index contributed by atoms with van der Waals surface area (Å²) >= 11 is 0. The van der Waals surface area contributed by atoms with Crippen molar-refractivity contribution >= 4 is 36.2 Å². The fraction of sp³-hybridized carbons (Fsp3) is 0.0667. The Morgan fingerprint density at radius 1 is 0.778 bits per heavy atom. The molecule has 0 heterocycles. The molecular weight excluding hydrogens is 462 g/mol. The number of hydrogen-bond acceptors (Lipinski definition) is 4. The Hall–Kier alpha value is -4.58. The molecule has 0 aliphatic carbocycles. The molecule has 0 N–H and O–H groups in total. The Morgan fingerprint density at radius 2 is 1.28 bits per heavy atom. The van der Waals surface area contributed by atoms with Gasteiger partial charge < -0.3 is 9.47 Å². The maximum atomic E-state index is 13.7. The SMILES string of the molecule is C=CC(=O)Oc1ccc(C=Cc2ccc(C=Cc3ccc(OC(=O)C(=C)C)cc3)cc2C(F)F)cc1. The van der Waals surface area contributed by atoms with Crippen molar-refractivity contribution in [3.05, 3.63) is 119 Å². The minimum atomic E-state index is -2.65. The van der Waals surface area contributed by atoms with E-state index in [0.29, 0.717) is 28.2 Å². The Morgan fingerprint density at radius 3 is 1.81 bits per heavy atom. The third-order valence-electron chi connectivity index (χ3n) is 4.97. The molecule has 0 amide bonds. The summed E-state index contributed by atoms with van der Waals surface area (Å²) in [6.07, 6.45) is 5.26. The first-order valence-corrected chi connectivity index (χ1v) is 11.0. The van der Waals surface area contributed by atoms with Crippen molar-refractivity contribution in [1.82, 2.24) is 0 Å². The second kappa shape index (κ2) is 12.2. The maximum Gasteiger partial charge on any atom is 0.338 e. The average molecular weight is 487 g/mol. The molecule has 0 radical (unpaired) electrons. The average Bonchev–Trinajstić information content (AvgIpc) is 2.87. The predicted molar refractivity (Wildman–Crippen MR) is 138 cm³/mol. The fourth-order valence-electron chi connectivity index (χ4n) is 3.06. The van der Waals surface area contributed by atoms with Crippen molar-refractivity contribution in [2.45, 2.75) is 13.3 Å². The highest BCUT2D eigenvalue weighted by Crippen LogP contribution is 2.27. The van der Waals surface area contributed by atoms with E-state index in [2.05, 4.69) is 13.2 Å². The normalized spacial score (nSPS) is 11.1. The third kappa shape index (κ3) is 7.46. The number of halogens is 2. The quantitative estimate of drug-likeness (QED) is 0.136. The molecule has 0 fully saturated rings. The van der Waals surface area contributed by atoms with Crippen LogP contribution in [0.1, 0.15) is 41.2 Å². The maximum absolute atomic E-state index is 13.7. The summed E-state index contributed by atoms with van der Waals surface area (Å²) in [6, 6.07) is 18.3. The van der Waals surface area contributed by atoms with Gasteiger partial charge in [-0.1, -0.05) is 73.9 Å². The number of carbonyl (C=O) groups excluding carboxylic acids is 2. The predicted octanol–water partition coefficient (Wildman–Crippen LogP) is 7.54. The standard InChI is InChI=1S/C30H24F2O4/c1-4-28(33)35-25-15-9-22(10-16-25)7-13-24-14-8-23(19-27(24)29(31)32)6-5-21-11-17-26(18-12-21)36-30(34)20(2)3/h4-19,29H,1-2H2,3H3. The van der Waals surface area contributed by atoms with Gasteiger partial charge in [-0.25, -0.2) is 18.4 Å². The van der Waals surface area contributed by atoms with Crippen molar-refractivity contribution < 1.29 is 27.8 Å². The molecule has 3 aromatic carbocycles. The van der Waals surface area contributed by atoms with Gasteiger partial charge in [0.2, 0.25) is 0 Å². The molecule has 6 heteroatoms. The van der Waals surface area contributed by atoms with E-state index in [1.54, 1.807) is 91.9 Å². The van der Waals surface area contributed by atoms with Crippen molar-refractivity contribution in [1.29, 1.82) is 0 Å². The first kappa shape index (κ1) is 26.0. The Bertz CT molecular complexity index is 1320. The number of ether oxygens (including phenoxy) is 2. The molecule has 4 nitrogen and oxygen atoms in total. The molecule has 0 aliphatic rings. The van der Waals surface area contributed by atoms with Crippen molar-refractivity contribution in [3.63, 3.8) is 0 Å². The van der Waals surface area contributed by atoms with E-state index >= 15 is 0 Å². The lowest BCUT2D eigenvalue weighted by Gasteiger charge is -2.07. The highest BCUT2D eigenvalue weighted by molar-refractivity contribution is 5.88. The monoisotopic (exact) mass is 486 g/mol. The molecule has 182 valence electrons. The molecule has 0 saturated carbocycles. The minimum Gasteiger partial charge on any atom is -0.423 e. The summed E-state index contributed by atoms with van der Waals surface area (Å²) in [5, 5.41) is 0. The van der Waals surface area contributed by atoms with Gasteiger partial charge >= 0.3 is 11.9 Å². The highest BCUT2D eigenvalue weighted by Gasteiger charge is 2.12. The summed E-state index contributed by atoms with van der Waals surface area (Å²) in [5.41, 5.74) is 2.80. The van der Waals surface area contributed by atoms with E-state index in [1.807, 2.05) is 0 Å². The number of carbonyl (C=O) groups is 2. The lowest BCUT2D eigenvalue weighted by Crippen LogP contribution is -2.07. The Kier molecular flexibility index (Phi) is 8.84. The second-order valence-corrected chi connectivity index (χ2v) is 7.79. The van der Waals surface area contributed by atoms with Gasteiger partial charge in [-0.3, -0.25) is 0 Å². The number of benzene rings is 3. The lowest BCUT2D eigenvalue weighted by atomic mass is 10.0. The van der Waals surface area contributed by atoms with Gasteiger partial charge in [0, 0.05) is 17.2 Å². The molecule has 0 saturated heterocycles. The van der Waals surface area contributed by atoms with Gasteiger partial charge in [0.25, 0.3) is 6.43 Å². The second-order valence-electron chi connectivity index (χ2n) is 7.79. The zero-order valence-electron chi connectivity index (χ0n) is 19.6. The summed E-state index contributed by atoms with van der Waals surface area (Å²) < 4.78 is 37.7. The van der Waals surface area contributed by atoms with Crippen LogP contribution in [-0.4, -0.2) is 11.9 Å². The van der Waals surface area contributed by atoms with Crippen LogP contribution in [0.2, 0.25) is 0 Å². The molecule has 0 spiro atoms. The van der Waals surface area contributed by atoms with Gasteiger partial charge in [-0.05, 0) is 59.5 Å². The van der Waals surface area contributed by atoms with Crippen LogP contribution in [0.3, 0.4) is 0 Å². The zero-order valence-corrected chi connectivity index (χ0v) is 19.6. The molecule has 0 aromatic heterocycles. The van der Waals surface area contributed by atoms with Gasteiger partial charge in [0.1, 0.15) is 11.5 Å². The summed E-state index contributed by atoms with van der Waals surface area (Å²) in [4.78, 5) is 22.8. The van der Waals surface area contributed by atoms with Gasteiger partial charge in [-0.15, -0.1) is 0 Å². The number of rotatable bonds is 9. The molecule has 0 atom stereocenters. The van der Waals surface area contributed by atoms with Crippen LogP contribution >= 0.6 is 0 Å². The van der Waals surface area contributed by atoms with Crippen LogP contribution in [0.15, 0.2) is 91.5 Å². The molecule has 36 heavy (non-hydrogen) atoms. The first-order chi connectivity index (χ1) is 17.2. The number of esters is 2. The van der Waals surface area contributed by atoms with Crippen molar-refractivity contribution in [2.24, 2.45) is 0 Å². The van der Waals surface area contributed by atoms with E-state index < -0.39 is 18.4 Å². The number of hydrogen-bond donors (Lipinski definition) is 0. The Labute approximate surface area is 208 Å². The Balaban J connectivity index is 1.72. The topological polar surface area (TPSA) is 52.6 Å². The van der Waals surface area contributed by atoms with Crippen LogP contribution in [0, 0.1) is 0 Å². The van der Waals surface area contributed by atoms with E-state index in [1.165, 1.54) is 6.07 Å². The van der Waals surface area contributed by atoms with Crippen molar-refractivity contribution in [3.8, 4) is 11.5 Å². The van der Waals surface area contributed by atoms with Gasteiger partial charge in [-0.2, -0.15) is 0 Å². The van der Waals surface area contributed by atoms with Crippen LogP contribution in [0.25, 0.3) is 24.3 Å². The molecule has 0 unspecified atom stereocenters. The smallest absolute Gasteiger partial charge is 0.338 e. The first-order valence-electron chi connectivity index (χ1n) is 11.0. The van der Waals surface area contributed by atoms with E-state index in [4.69, 9.17) is 9.47 Å². The minimum absolute atomic E-state index is 0.0908. The third-order valence-corrected chi connectivity index (χ3v) is 4.97.